The number of ketones is 1. The van der Waals surface area contributed by atoms with Crippen molar-refractivity contribution in [1.82, 2.24) is 9.88 Å². The maximum absolute atomic E-state index is 12.5. The number of piperazine rings is 1. The minimum absolute atomic E-state index is 0.0186. The predicted octanol–water partition coefficient (Wildman–Crippen LogP) is 4.57. The molecule has 3 aromatic rings. The number of hydrogen-bond acceptors (Lipinski definition) is 5. The molecule has 150 valence electrons. The Balaban J connectivity index is 1.30. The van der Waals surface area contributed by atoms with Crippen LogP contribution in [0.2, 0.25) is 5.02 Å². The SMILES string of the molecule is Cc1ccc(C(=O)CCC(=O)N2CCN(c3nc4ccc(Cl)cc4s3)CC2)cc1. The zero-order valence-corrected chi connectivity index (χ0v) is 17.8. The van der Waals surface area contributed by atoms with E-state index in [2.05, 4.69) is 9.88 Å². The quantitative estimate of drug-likeness (QED) is 0.559. The summed E-state index contributed by atoms with van der Waals surface area (Å²) in [6, 6.07) is 13.2. The van der Waals surface area contributed by atoms with E-state index in [1.165, 1.54) is 0 Å². The van der Waals surface area contributed by atoms with Crippen LogP contribution in [0.15, 0.2) is 42.5 Å². The van der Waals surface area contributed by atoms with Gasteiger partial charge in [0.2, 0.25) is 5.91 Å². The van der Waals surface area contributed by atoms with Crippen LogP contribution in [0.25, 0.3) is 10.2 Å². The van der Waals surface area contributed by atoms with Crippen LogP contribution in [0.5, 0.6) is 0 Å². The van der Waals surface area contributed by atoms with Gasteiger partial charge in [0.25, 0.3) is 0 Å². The van der Waals surface area contributed by atoms with Crippen molar-refractivity contribution in [3.05, 3.63) is 58.6 Å². The van der Waals surface area contributed by atoms with Gasteiger partial charge in [-0.15, -0.1) is 0 Å². The Morgan fingerprint density at radius 3 is 2.48 bits per heavy atom. The normalized spacial score (nSPS) is 14.4. The highest BCUT2D eigenvalue weighted by atomic mass is 35.5. The van der Waals surface area contributed by atoms with Gasteiger partial charge in [-0.05, 0) is 25.1 Å². The molecule has 0 atom stereocenters. The lowest BCUT2D eigenvalue weighted by molar-refractivity contribution is -0.131. The van der Waals surface area contributed by atoms with Gasteiger partial charge in [-0.2, -0.15) is 0 Å². The van der Waals surface area contributed by atoms with E-state index >= 15 is 0 Å². The summed E-state index contributed by atoms with van der Waals surface area (Å²) in [7, 11) is 0. The molecule has 1 amide bonds. The second-order valence-corrected chi connectivity index (χ2v) is 8.71. The molecule has 29 heavy (non-hydrogen) atoms. The van der Waals surface area contributed by atoms with E-state index < -0.39 is 0 Å². The Bertz CT molecular complexity index is 1040. The molecule has 0 unspecified atom stereocenters. The van der Waals surface area contributed by atoms with Crippen molar-refractivity contribution in [3.8, 4) is 0 Å². The minimum atomic E-state index is 0.0186. The summed E-state index contributed by atoms with van der Waals surface area (Å²) < 4.78 is 1.07. The van der Waals surface area contributed by atoms with Crippen LogP contribution in [0, 0.1) is 6.92 Å². The molecule has 2 heterocycles. The summed E-state index contributed by atoms with van der Waals surface area (Å²) in [6.45, 7) is 4.76. The molecule has 1 saturated heterocycles. The van der Waals surface area contributed by atoms with Gasteiger partial charge in [0.05, 0.1) is 10.2 Å². The second-order valence-electron chi connectivity index (χ2n) is 7.27. The van der Waals surface area contributed by atoms with E-state index in [1.807, 2.05) is 54.3 Å². The van der Waals surface area contributed by atoms with Gasteiger partial charge in [0, 0.05) is 49.6 Å². The molecule has 0 spiro atoms. The molecule has 1 aliphatic heterocycles. The van der Waals surface area contributed by atoms with Crippen LogP contribution in [-0.4, -0.2) is 47.8 Å². The molecule has 1 aromatic heterocycles. The molecular weight excluding hydrogens is 406 g/mol. The summed E-state index contributed by atoms with van der Waals surface area (Å²) in [4.78, 5) is 33.6. The molecular formula is C22H22ClN3O2S. The summed E-state index contributed by atoms with van der Waals surface area (Å²) in [6.07, 6.45) is 0.507. The third kappa shape index (κ3) is 4.60. The number of amides is 1. The molecule has 5 nitrogen and oxygen atoms in total. The zero-order chi connectivity index (χ0) is 20.4. The van der Waals surface area contributed by atoms with Crippen molar-refractivity contribution in [2.75, 3.05) is 31.1 Å². The Morgan fingerprint density at radius 1 is 1.03 bits per heavy atom. The number of hydrogen-bond donors (Lipinski definition) is 0. The first-order valence-electron chi connectivity index (χ1n) is 9.68. The molecule has 0 bridgehead atoms. The number of Topliss-reactive ketones (excluding diaryl/α,β-unsaturated/α-hetero) is 1. The number of carbonyl (C=O) groups is 2. The number of aromatic nitrogens is 1. The number of carbonyl (C=O) groups excluding carboxylic acids is 2. The standard InChI is InChI=1S/C22H22ClN3O2S/c1-15-2-4-16(5-3-15)19(27)8-9-21(28)25-10-12-26(13-11-25)22-24-18-7-6-17(23)14-20(18)29-22/h2-7,14H,8-13H2,1H3. The highest BCUT2D eigenvalue weighted by Crippen LogP contribution is 2.31. The van der Waals surface area contributed by atoms with Crippen LogP contribution in [0.4, 0.5) is 5.13 Å². The lowest BCUT2D eigenvalue weighted by atomic mass is 10.0. The maximum atomic E-state index is 12.5. The Labute approximate surface area is 178 Å². The third-order valence-corrected chi connectivity index (χ3v) is 6.50. The topological polar surface area (TPSA) is 53.5 Å². The van der Waals surface area contributed by atoms with Gasteiger partial charge in [-0.1, -0.05) is 52.8 Å². The van der Waals surface area contributed by atoms with Crippen molar-refractivity contribution in [2.24, 2.45) is 0 Å². The fourth-order valence-electron chi connectivity index (χ4n) is 3.43. The first-order valence-corrected chi connectivity index (χ1v) is 10.9. The number of benzene rings is 2. The van der Waals surface area contributed by atoms with Crippen molar-refractivity contribution in [1.29, 1.82) is 0 Å². The lowest BCUT2D eigenvalue weighted by Crippen LogP contribution is -2.48. The van der Waals surface area contributed by atoms with Crippen LogP contribution in [0.1, 0.15) is 28.8 Å². The molecule has 0 radical (unpaired) electrons. The molecule has 4 rings (SSSR count). The molecule has 0 N–H and O–H groups in total. The van der Waals surface area contributed by atoms with Gasteiger partial charge >= 0.3 is 0 Å². The average Bonchev–Trinajstić information content (AvgIpc) is 3.15. The van der Waals surface area contributed by atoms with Crippen LogP contribution in [0.3, 0.4) is 0 Å². The van der Waals surface area contributed by atoms with Gasteiger partial charge in [-0.3, -0.25) is 9.59 Å². The minimum Gasteiger partial charge on any atom is -0.345 e. The number of anilines is 1. The summed E-state index contributed by atoms with van der Waals surface area (Å²) in [5.41, 5.74) is 2.73. The third-order valence-electron chi connectivity index (χ3n) is 5.18. The molecule has 0 saturated carbocycles. The Morgan fingerprint density at radius 2 is 1.76 bits per heavy atom. The van der Waals surface area contributed by atoms with Crippen molar-refractivity contribution in [2.45, 2.75) is 19.8 Å². The van der Waals surface area contributed by atoms with E-state index in [-0.39, 0.29) is 24.5 Å². The van der Waals surface area contributed by atoms with Gasteiger partial charge in [-0.25, -0.2) is 4.98 Å². The first kappa shape index (κ1) is 19.9. The van der Waals surface area contributed by atoms with Crippen LogP contribution in [-0.2, 0) is 4.79 Å². The van der Waals surface area contributed by atoms with Crippen molar-refractivity contribution >= 4 is 50.0 Å². The van der Waals surface area contributed by atoms with Crippen LogP contribution >= 0.6 is 22.9 Å². The summed E-state index contributed by atoms with van der Waals surface area (Å²) >= 11 is 7.69. The van der Waals surface area contributed by atoms with Gasteiger partial charge in [0.1, 0.15) is 0 Å². The van der Waals surface area contributed by atoms with E-state index in [0.717, 1.165) is 34.0 Å². The molecule has 0 aliphatic carbocycles. The maximum Gasteiger partial charge on any atom is 0.223 e. The Hall–Kier alpha value is -2.44. The number of halogens is 1. The van der Waals surface area contributed by atoms with E-state index in [4.69, 9.17) is 11.6 Å². The average molecular weight is 428 g/mol. The number of nitrogens with zero attached hydrogens (tertiary/aromatic N) is 3. The van der Waals surface area contributed by atoms with Crippen LogP contribution < -0.4 is 4.90 Å². The number of aryl methyl sites for hydroxylation is 1. The highest BCUT2D eigenvalue weighted by Gasteiger charge is 2.23. The van der Waals surface area contributed by atoms with Crippen molar-refractivity contribution < 1.29 is 9.59 Å². The molecule has 2 aromatic carbocycles. The fraction of sp³-hybridized carbons (Fsp3) is 0.318. The predicted molar refractivity (Wildman–Crippen MR) is 118 cm³/mol. The number of fused-ring (bicyclic) bond motifs is 1. The molecule has 1 aliphatic rings. The summed E-state index contributed by atoms with van der Waals surface area (Å²) in [5, 5.41) is 1.67. The van der Waals surface area contributed by atoms with E-state index in [9.17, 15) is 9.59 Å². The zero-order valence-electron chi connectivity index (χ0n) is 16.2. The first-order chi connectivity index (χ1) is 14.0. The second kappa shape index (κ2) is 8.51. The lowest BCUT2D eigenvalue weighted by Gasteiger charge is -2.34. The monoisotopic (exact) mass is 427 g/mol. The smallest absolute Gasteiger partial charge is 0.223 e. The number of thiazole rings is 1. The highest BCUT2D eigenvalue weighted by molar-refractivity contribution is 7.22. The van der Waals surface area contributed by atoms with E-state index in [1.54, 1.807) is 11.3 Å². The van der Waals surface area contributed by atoms with E-state index in [0.29, 0.717) is 23.7 Å². The molecule has 1 fully saturated rings. The van der Waals surface area contributed by atoms with Gasteiger partial charge < -0.3 is 9.80 Å². The largest absolute Gasteiger partial charge is 0.345 e. The fourth-order valence-corrected chi connectivity index (χ4v) is 4.72. The van der Waals surface area contributed by atoms with Gasteiger partial charge in [0.15, 0.2) is 10.9 Å². The number of rotatable bonds is 5. The molecule has 7 heteroatoms. The van der Waals surface area contributed by atoms with Crippen molar-refractivity contribution in [3.63, 3.8) is 0 Å². The summed E-state index contributed by atoms with van der Waals surface area (Å²) in [5.74, 6) is 0.0614. The Kier molecular flexibility index (Phi) is 5.83.